The summed E-state index contributed by atoms with van der Waals surface area (Å²) in [5.41, 5.74) is -0.104. The van der Waals surface area contributed by atoms with Crippen LogP contribution in [-0.2, 0) is 4.79 Å². The molecule has 0 radical (unpaired) electrons. The standard InChI is InChI=1S/C13H27N3O/c1-10-7-8-14-11(9-15(5)6)12(17)16(10)13(2,3)4/h10-11,14H,7-9H2,1-6H3. The van der Waals surface area contributed by atoms with Gasteiger partial charge in [-0.2, -0.15) is 0 Å². The molecule has 1 rings (SSSR count). The third kappa shape index (κ3) is 3.68. The first kappa shape index (κ1) is 14.5. The molecule has 2 unspecified atom stereocenters. The molecule has 4 heteroatoms. The van der Waals surface area contributed by atoms with Crippen molar-refractivity contribution in [3.05, 3.63) is 0 Å². The second kappa shape index (κ2) is 5.36. The van der Waals surface area contributed by atoms with Crippen LogP contribution < -0.4 is 5.32 Å². The Kier molecular flexibility index (Phi) is 4.55. The average molecular weight is 241 g/mol. The van der Waals surface area contributed by atoms with Gasteiger partial charge < -0.3 is 15.1 Å². The van der Waals surface area contributed by atoms with Crippen molar-refractivity contribution >= 4 is 5.91 Å². The summed E-state index contributed by atoms with van der Waals surface area (Å²) >= 11 is 0. The summed E-state index contributed by atoms with van der Waals surface area (Å²) in [7, 11) is 4.01. The summed E-state index contributed by atoms with van der Waals surface area (Å²) in [5.74, 6) is 0.233. The van der Waals surface area contributed by atoms with Crippen LogP contribution >= 0.6 is 0 Å². The fourth-order valence-electron chi connectivity index (χ4n) is 2.57. The van der Waals surface area contributed by atoms with E-state index in [-0.39, 0.29) is 17.5 Å². The van der Waals surface area contributed by atoms with Crippen LogP contribution in [0.2, 0.25) is 0 Å². The Balaban J connectivity index is 2.89. The molecule has 0 aromatic heterocycles. The maximum absolute atomic E-state index is 12.6. The summed E-state index contributed by atoms with van der Waals surface area (Å²) in [6, 6.07) is 0.233. The van der Waals surface area contributed by atoms with Crippen LogP contribution in [0.1, 0.15) is 34.1 Å². The monoisotopic (exact) mass is 241 g/mol. The Bertz CT molecular complexity index is 270. The van der Waals surface area contributed by atoms with E-state index in [1.54, 1.807) is 0 Å². The molecule has 0 aromatic carbocycles. The summed E-state index contributed by atoms with van der Waals surface area (Å²) in [6.45, 7) is 10.2. The first-order valence-electron chi connectivity index (χ1n) is 6.44. The maximum Gasteiger partial charge on any atom is 0.241 e. The highest BCUT2D eigenvalue weighted by Crippen LogP contribution is 2.22. The van der Waals surface area contributed by atoms with E-state index in [2.05, 4.69) is 37.9 Å². The van der Waals surface area contributed by atoms with Crippen LogP contribution in [0.5, 0.6) is 0 Å². The number of likely N-dealkylation sites (N-methyl/N-ethyl adjacent to an activating group) is 1. The Morgan fingerprint density at radius 3 is 2.47 bits per heavy atom. The average Bonchev–Trinajstić information content (AvgIpc) is 2.24. The summed E-state index contributed by atoms with van der Waals surface area (Å²) < 4.78 is 0. The van der Waals surface area contributed by atoms with Gasteiger partial charge in [0, 0.05) is 18.1 Å². The van der Waals surface area contributed by atoms with E-state index in [9.17, 15) is 4.79 Å². The van der Waals surface area contributed by atoms with Crippen LogP contribution in [0.25, 0.3) is 0 Å². The van der Waals surface area contributed by atoms with Gasteiger partial charge >= 0.3 is 0 Å². The predicted molar refractivity (Wildman–Crippen MR) is 71.0 cm³/mol. The smallest absolute Gasteiger partial charge is 0.241 e. The molecule has 4 nitrogen and oxygen atoms in total. The van der Waals surface area contributed by atoms with Crippen LogP contribution in [0.15, 0.2) is 0 Å². The zero-order valence-corrected chi connectivity index (χ0v) is 12.1. The summed E-state index contributed by atoms with van der Waals surface area (Å²) in [4.78, 5) is 16.7. The topological polar surface area (TPSA) is 35.6 Å². The van der Waals surface area contributed by atoms with E-state index in [4.69, 9.17) is 0 Å². The van der Waals surface area contributed by atoms with E-state index in [1.807, 2.05) is 19.0 Å². The van der Waals surface area contributed by atoms with Gasteiger partial charge in [-0.05, 0) is 54.8 Å². The Labute approximate surface area is 105 Å². The Morgan fingerprint density at radius 1 is 1.41 bits per heavy atom. The second-order valence-electron chi connectivity index (χ2n) is 6.29. The number of carbonyl (C=O) groups is 1. The first-order chi connectivity index (χ1) is 7.73. The van der Waals surface area contributed by atoms with Crippen LogP contribution in [0.3, 0.4) is 0 Å². The lowest BCUT2D eigenvalue weighted by atomic mass is 10.0. The molecule has 1 saturated heterocycles. The molecule has 0 aliphatic carbocycles. The lowest BCUT2D eigenvalue weighted by Gasteiger charge is -2.40. The van der Waals surface area contributed by atoms with Crippen LogP contribution in [0.4, 0.5) is 0 Å². The second-order valence-corrected chi connectivity index (χ2v) is 6.29. The molecule has 2 atom stereocenters. The SMILES string of the molecule is CC1CCNC(CN(C)C)C(=O)N1C(C)(C)C. The van der Waals surface area contributed by atoms with Crippen molar-refractivity contribution in [3.63, 3.8) is 0 Å². The fraction of sp³-hybridized carbons (Fsp3) is 0.923. The van der Waals surface area contributed by atoms with Crippen molar-refractivity contribution in [2.75, 3.05) is 27.2 Å². The van der Waals surface area contributed by atoms with Crippen LogP contribution in [-0.4, -0.2) is 60.5 Å². The van der Waals surface area contributed by atoms with E-state index < -0.39 is 0 Å². The van der Waals surface area contributed by atoms with Gasteiger partial charge in [0.25, 0.3) is 0 Å². The van der Waals surface area contributed by atoms with Crippen molar-refractivity contribution in [2.24, 2.45) is 0 Å². The third-order valence-corrected chi connectivity index (χ3v) is 3.20. The van der Waals surface area contributed by atoms with Gasteiger partial charge in [0.05, 0.1) is 6.04 Å². The fourth-order valence-corrected chi connectivity index (χ4v) is 2.57. The molecular formula is C13H27N3O. The van der Waals surface area contributed by atoms with Gasteiger partial charge in [-0.25, -0.2) is 0 Å². The molecule has 0 spiro atoms. The molecular weight excluding hydrogens is 214 g/mol. The first-order valence-corrected chi connectivity index (χ1v) is 6.44. The highest BCUT2D eigenvalue weighted by Gasteiger charge is 2.36. The van der Waals surface area contributed by atoms with Gasteiger partial charge in [-0.3, -0.25) is 4.79 Å². The van der Waals surface area contributed by atoms with Crippen molar-refractivity contribution in [3.8, 4) is 0 Å². The number of nitrogens with one attached hydrogen (secondary N) is 1. The lowest BCUT2D eigenvalue weighted by molar-refractivity contribution is -0.140. The molecule has 0 bridgehead atoms. The predicted octanol–water partition coefficient (Wildman–Crippen LogP) is 0.926. The molecule has 17 heavy (non-hydrogen) atoms. The lowest BCUT2D eigenvalue weighted by Crippen LogP contribution is -2.56. The minimum Gasteiger partial charge on any atom is -0.334 e. The molecule has 1 amide bonds. The minimum atomic E-state index is -0.104. The van der Waals surface area contributed by atoms with Gasteiger partial charge in [0.15, 0.2) is 0 Å². The molecule has 1 aliphatic heterocycles. The largest absolute Gasteiger partial charge is 0.334 e. The number of hydrogen-bond donors (Lipinski definition) is 1. The van der Waals surface area contributed by atoms with Gasteiger partial charge in [-0.15, -0.1) is 0 Å². The Hall–Kier alpha value is -0.610. The van der Waals surface area contributed by atoms with Gasteiger partial charge in [0.2, 0.25) is 5.91 Å². The van der Waals surface area contributed by atoms with Crippen molar-refractivity contribution in [2.45, 2.75) is 51.7 Å². The van der Waals surface area contributed by atoms with E-state index in [0.717, 1.165) is 19.5 Å². The normalized spacial score (nSPS) is 27.5. The number of amides is 1. The van der Waals surface area contributed by atoms with Gasteiger partial charge in [0.1, 0.15) is 0 Å². The molecule has 1 aliphatic rings. The summed E-state index contributed by atoms with van der Waals surface area (Å²) in [5, 5.41) is 3.36. The molecule has 0 aromatic rings. The maximum atomic E-state index is 12.6. The summed E-state index contributed by atoms with van der Waals surface area (Å²) in [6.07, 6.45) is 1.02. The highest BCUT2D eigenvalue weighted by atomic mass is 16.2. The third-order valence-electron chi connectivity index (χ3n) is 3.20. The highest BCUT2D eigenvalue weighted by molar-refractivity contribution is 5.83. The number of hydrogen-bond acceptors (Lipinski definition) is 3. The Morgan fingerprint density at radius 2 is 2.00 bits per heavy atom. The van der Waals surface area contributed by atoms with E-state index in [0.29, 0.717) is 6.04 Å². The minimum absolute atomic E-state index is 0.0748. The quantitative estimate of drug-likeness (QED) is 0.781. The zero-order chi connectivity index (χ0) is 13.2. The van der Waals surface area contributed by atoms with Crippen LogP contribution in [0, 0.1) is 0 Å². The van der Waals surface area contributed by atoms with Crippen molar-refractivity contribution in [1.29, 1.82) is 0 Å². The number of rotatable bonds is 2. The number of nitrogens with zero attached hydrogens (tertiary/aromatic N) is 2. The molecule has 1 heterocycles. The molecule has 1 N–H and O–H groups in total. The van der Waals surface area contributed by atoms with Gasteiger partial charge in [-0.1, -0.05) is 0 Å². The molecule has 0 saturated carbocycles. The zero-order valence-electron chi connectivity index (χ0n) is 12.1. The van der Waals surface area contributed by atoms with E-state index in [1.165, 1.54) is 0 Å². The van der Waals surface area contributed by atoms with Crippen molar-refractivity contribution < 1.29 is 4.79 Å². The van der Waals surface area contributed by atoms with Crippen molar-refractivity contribution in [1.82, 2.24) is 15.1 Å². The molecule has 1 fully saturated rings. The number of carbonyl (C=O) groups excluding carboxylic acids is 1. The van der Waals surface area contributed by atoms with E-state index >= 15 is 0 Å². The molecule has 100 valence electrons.